The van der Waals surface area contributed by atoms with Crippen molar-refractivity contribution < 1.29 is 4.79 Å². The fourth-order valence-corrected chi connectivity index (χ4v) is 1.76. The van der Waals surface area contributed by atoms with E-state index >= 15 is 0 Å². The molecule has 2 N–H and O–H groups in total. The molecule has 4 heteroatoms. The van der Waals surface area contributed by atoms with Gasteiger partial charge in [0.05, 0.1) is 0 Å². The third-order valence-electron chi connectivity index (χ3n) is 2.58. The summed E-state index contributed by atoms with van der Waals surface area (Å²) in [5, 5.41) is 6.11. The van der Waals surface area contributed by atoms with Gasteiger partial charge in [-0.05, 0) is 30.8 Å². The first-order valence-corrected chi connectivity index (χ1v) is 6.79. The monoisotopic (exact) mass is 264 g/mol. The summed E-state index contributed by atoms with van der Waals surface area (Å²) >= 11 is 5.07. The number of hydrogen-bond acceptors (Lipinski definition) is 2. The average molecular weight is 264 g/mol. The van der Waals surface area contributed by atoms with Gasteiger partial charge in [-0.25, -0.2) is 0 Å². The third-order valence-corrected chi connectivity index (χ3v) is 2.83. The quantitative estimate of drug-likeness (QED) is 0.613. The van der Waals surface area contributed by atoms with Crippen molar-refractivity contribution in [1.82, 2.24) is 10.6 Å². The number of carbonyl (C=O) groups is 1. The van der Waals surface area contributed by atoms with E-state index < -0.39 is 0 Å². The van der Waals surface area contributed by atoms with Crippen LogP contribution in [0.1, 0.15) is 43.0 Å². The predicted octanol–water partition coefficient (Wildman–Crippen LogP) is 2.87. The Morgan fingerprint density at radius 3 is 2.56 bits per heavy atom. The number of amides is 1. The lowest BCUT2D eigenvalue weighted by atomic mass is 10.2. The van der Waals surface area contributed by atoms with Crippen molar-refractivity contribution in [1.29, 1.82) is 0 Å². The van der Waals surface area contributed by atoms with Crippen molar-refractivity contribution >= 4 is 23.2 Å². The fraction of sp³-hybridized carbons (Fsp3) is 0.429. The van der Waals surface area contributed by atoms with Crippen molar-refractivity contribution in [3.8, 4) is 0 Å². The molecule has 0 aliphatic rings. The molecule has 1 aromatic carbocycles. The van der Waals surface area contributed by atoms with E-state index in [1.807, 2.05) is 18.2 Å². The Morgan fingerprint density at radius 1 is 1.17 bits per heavy atom. The zero-order valence-electron chi connectivity index (χ0n) is 10.7. The number of benzene rings is 1. The SMILES string of the molecule is CCCCCCNC(=S)NC(=O)c1ccccc1. The van der Waals surface area contributed by atoms with Gasteiger partial charge in [0.15, 0.2) is 5.11 Å². The molecule has 1 aromatic rings. The molecule has 98 valence electrons. The van der Waals surface area contributed by atoms with Crippen LogP contribution in [0.25, 0.3) is 0 Å². The van der Waals surface area contributed by atoms with Gasteiger partial charge in [-0.15, -0.1) is 0 Å². The zero-order valence-corrected chi connectivity index (χ0v) is 11.6. The molecule has 1 rings (SSSR count). The standard InChI is InChI=1S/C14H20N2OS/c1-2-3-4-8-11-15-14(18)16-13(17)12-9-6-5-7-10-12/h5-7,9-10H,2-4,8,11H2,1H3,(H2,15,16,17,18). The minimum absolute atomic E-state index is 0.165. The largest absolute Gasteiger partial charge is 0.362 e. The van der Waals surface area contributed by atoms with Crippen molar-refractivity contribution in [2.75, 3.05) is 6.54 Å². The number of thiocarbonyl (C=S) groups is 1. The van der Waals surface area contributed by atoms with Crippen LogP contribution in [0.5, 0.6) is 0 Å². The maximum Gasteiger partial charge on any atom is 0.257 e. The molecule has 1 amide bonds. The average Bonchev–Trinajstić information content (AvgIpc) is 2.39. The highest BCUT2D eigenvalue weighted by Gasteiger charge is 2.05. The lowest BCUT2D eigenvalue weighted by Gasteiger charge is -2.09. The van der Waals surface area contributed by atoms with Gasteiger partial charge in [0.1, 0.15) is 0 Å². The summed E-state index contributed by atoms with van der Waals surface area (Å²) in [6.07, 6.45) is 4.73. The van der Waals surface area contributed by atoms with Gasteiger partial charge < -0.3 is 5.32 Å². The number of hydrogen-bond donors (Lipinski definition) is 2. The molecule has 0 radical (unpaired) electrons. The molecule has 0 fully saturated rings. The van der Waals surface area contributed by atoms with Gasteiger partial charge in [0, 0.05) is 12.1 Å². The van der Waals surface area contributed by atoms with Crippen molar-refractivity contribution in [3.05, 3.63) is 35.9 Å². The first kappa shape index (κ1) is 14.6. The molecular formula is C14H20N2OS. The summed E-state index contributed by atoms with van der Waals surface area (Å²) in [6, 6.07) is 9.06. The summed E-state index contributed by atoms with van der Waals surface area (Å²) in [6.45, 7) is 2.99. The zero-order chi connectivity index (χ0) is 13.2. The van der Waals surface area contributed by atoms with Crippen LogP contribution in [0, 0.1) is 0 Å². The Balaban J connectivity index is 2.22. The van der Waals surface area contributed by atoms with Gasteiger partial charge in [-0.3, -0.25) is 10.1 Å². The summed E-state index contributed by atoms with van der Waals surface area (Å²) in [4.78, 5) is 11.8. The van der Waals surface area contributed by atoms with E-state index in [1.165, 1.54) is 19.3 Å². The number of unbranched alkanes of at least 4 members (excludes halogenated alkanes) is 3. The number of rotatable bonds is 6. The van der Waals surface area contributed by atoms with Gasteiger partial charge in [-0.2, -0.15) is 0 Å². The molecule has 0 saturated heterocycles. The van der Waals surface area contributed by atoms with E-state index in [0.29, 0.717) is 10.7 Å². The van der Waals surface area contributed by atoms with Crippen LogP contribution in [0.3, 0.4) is 0 Å². The topological polar surface area (TPSA) is 41.1 Å². The molecule has 0 saturated carbocycles. The molecule has 3 nitrogen and oxygen atoms in total. The highest BCUT2D eigenvalue weighted by molar-refractivity contribution is 7.80. The van der Waals surface area contributed by atoms with E-state index in [9.17, 15) is 4.79 Å². The lowest BCUT2D eigenvalue weighted by Crippen LogP contribution is -2.39. The Kier molecular flexibility index (Phi) is 7.03. The number of carbonyl (C=O) groups excluding carboxylic acids is 1. The maximum absolute atomic E-state index is 11.8. The highest BCUT2D eigenvalue weighted by atomic mass is 32.1. The molecule has 0 unspecified atom stereocenters. The van der Waals surface area contributed by atoms with Gasteiger partial charge in [0.25, 0.3) is 5.91 Å². The van der Waals surface area contributed by atoms with Gasteiger partial charge >= 0.3 is 0 Å². The Morgan fingerprint density at radius 2 is 1.89 bits per heavy atom. The van der Waals surface area contributed by atoms with Crippen LogP contribution in [0.15, 0.2) is 30.3 Å². The van der Waals surface area contributed by atoms with E-state index in [1.54, 1.807) is 12.1 Å². The highest BCUT2D eigenvalue weighted by Crippen LogP contribution is 1.98. The maximum atomic E-state index is 11.8. The second-order valence-corrected chi connectivity index (χ2v) is 4.54. The van der Waals surface area contributed by atoms with Crippen LogP contribution >= 0.6 is 12.2 Å². The van der Waals surface area contributed by atoms with E-state index in [4.69, 9.17) is 12.2 Å². The first-order valence-electron chi connectivity index (χ1n) is 6.38. The summed E-state index contributed by atoms with van der Waals surface area (Å²) < 4.78 is 0. The van der Waals surface area contributed by atoms with Crippen LogP contribution in [0.2, 0.25) is 0 Å². The van der Waals surface area contributed by atoms with Crippen LogP contribution in [0.4, 0.5) is 0 Å². The van der Waals surface area contributed by atoms with Gasteiger partial charge in [-0.1, -0.05) is 44.4 Å². The van der Waals surface area contributed by atoms with E-state index in [-0.39, 0.29) is 5.91 Å². The molecule has 0 bridgehead atoms. The van der Waals surface area contributed by atoms with Crippen molar-refractivity contribution in [2.24, 2.45) is 0 Å². The molecule has 18 heavy (non-hydrogen) atoms. The van der Waals surface area contributed by atoms with Crippen LogP contribution in [-0.4, -0.2) is 17.6 Å². The molecule has 0 spiro atoms. The minimum atomic E-state index is -0.165. The van der Waals surface area contributed by atoms with Crippen LogP contribution in [-0.2, 0) is 0 Å². The van der Waals surface area contributed by atoms with Gasteiger partial charge in [0.2, 0.25) is 0 Å². The fourth-order valence-electron chi connectivity index (χ4n) is 1.56. The Labute approximate surface area is 114 Å². The predicted molar refractivity (Wildman–Crippen MR) is 78.7 cm³/mol. The summed E-state index contributed by atoms with van der Waals surface area (Å²) in [5.74, 6) is -0.165. The van der Waals surface area contributed by atoms with E-state index in [2.05, 4.69) is 17.6 Å². The molecule has 0 heterocycles. The first-order chi connectivity index (χ1) is 8.74. The molecule has 0 aliphatic heterocycles. The lowest BCUT2D eigenvalue weighted by molar-refractivity contribution is 0.0976. The summed E-state index contributed by atoms with van der Waals surface area (Å²) in [7, 11) is 0. The van der Waals surface area contributed by atoms with Crippen LogP contribution < -0.4 is 10.6 Å². The second-order valence-electron chi connectivity index (χ2n) is 4.14. The third kappa shape index (κ3) is 5.77. The van der Waals surface area contributed by atoms with E-state index in [0.717, 1.165) is 13.0 Å². The normalized spacial score (nSPS) is 9.83. The van der Waals surface area contributed by atoms with Crippen molar-refractivity contribution in [2.45, 2.75) is 32.6 Å². The molecule has 0 aliphatic carbocycles. The number of nitrogens with one attached hydrogen (secondary N) is 2. The minimum Gasteiger partial charge on any atom is -0.362 e. The summed E-state index contributed by atoms with van der Waals surface area (Å²) in [5.41, 5.74) is 0.618. The Bertz CT molecular complexity index is 379. The molecule has 0 aromatic heterocycles. The smallest absolute Gasteiger partial charge is 0.257 e. The Hall–Kier alpha value is -1.42. The molecular weight excluding hydrogens is 244 g/mol. The second kappa shape index (κ2) is 8.64. The van der Waals surface area contributed by atoms with Crippen molar-refractivity contribution in [3.63, 3.8) is 0 Å². The molecule has 0 atom stereocenters.